The summed E-state index contributed by atoms with van der Waals surface area (Å²) in [4.78, 5) is 32.9. The van der Waals surface area contributed by atoms with Crippen LogP contribution in [0.4, 0.5) is 0 Å². The third-order valence-electron chi connectivity index (χ3n) is 2.23. The number of amides is 1. The molecule has 0 rings (SSSR count). The Labute approximate surface area is 122 Å². The minimum Gasteiger partial charge on any atom is -0.480 e. The van der Waals surface area contributed by atoms with E-state index in [0.717, 1.165) is 0 Å². The van der Waals surface area contributed by atoms with Crippen molar-refractivity contribution >= 4 is 40.4 Å². The second-order valence-electron chi connectivity index (χ2n) is 3.95. The van der Waals surface area contributed by atoms with E-state index < -0.39 is 40.7 Å². The van der Waals surface area contributed by atoms with Crippen molar-refractivity contribution in [2.24, 2.45) is 5.73 Å². The van der Waals surface area contributed by atoms with Crippen LogP contribution >= 0.6 is 11.8 Å². The van der Waals surface area contributed by atoms with E-state index in [1.54, 1.807) is 6.26 Å². The molecular weight excluding hydrogens is 308 g/mol. The van der Waals surface area contributed by atoms with Crippen LogP contribution in [0.1, 0.15) is 12.8 Å². The number of nitrogens with one attached hydrogen (secondary N) is 1. The van der Waals surface area contributed by atoms with Gasteiger partial charge in [0.15, 0.2) is 0 Å². The zero-order valence-electron chi connectivity index (χ0n) is 10.9. The lowest BCUT2D eigenvalue weighted by atomic mass is 10.1. The Morgan fingerprint density at radius 2 is 1.90 bits per heavy atom. The highest BCUT2D eigenvalue weighted by molar-refractivity contribution is 8.09. The molecule has 0 saturated carbocycles. The molecule has 8 nitrogen and oxygen atoms in total. The number of thioether (sulfide) groups is 1. The Kier molecular flexibility index (Phi) is 9.17. The fourth-order valence-electron chi connectivity index (χ4n) is 1.22. The summed E-state index contributed by atoms with van der Waals surface area (Å²) in [6, 6.07) is -2.42. The van der Waals surface area contributed by atoms with Gasteiger partial charge in [-0.25, -0.2) is 4.79 Å². The maximum atomic E-state index is 11.5. The molecule has 1 amide bonds. The molecule has 0 saturated heterocycles. The van der Waals surface area contributed by atoms with Crippen LogP contribution in [-0.2, 0) is 25.2 Å². The zero-order valence-corrected chi connectivity index (χ0v) is 12.5. The average molecular weight is 326 g/mol. The standard InChI is InChI=1S/C10H18N2O6S2/c1-19-5-20(18)4-7(10(16)17)12-8(13)3-2-6(11)9(14)15/h6-7H,2-5,11H2,1H3,(H,12,13)(H,14,15)(H,16,17)/t6-,7+,20+/m0/s1. The van der Waals surface area contributed by atoms with Gasteiger partial charge in [0.2, 0.25) is 5.91 Å². The number of carbonyl (C=O) groups is 3. The minimum atomic E-state index is -1.36. The maximum Gasteiger partial charge on any atom is 0.327 e. The van der Waals surface area contributed by atoms with Crippen molar-refractivity contribution in [3.8, 4) is 0 Å². The van der Waals surface area contributed by atoms with Gasteiger partial charge in [0.1, 0.15) is 12.1 Å². The van der Waals surface area contributed by atoms with E-state index in [0.29, 0.717) is 0 Å². The number of carboxylic acid groups (broad SMARTS) is 2. The van der Waals surface area contributed by atoms with Gasteiger partial charge < -0.3 is 21.3 Å². The lowest BCUT2D eigenvalue weighted by Crippen LogP contribution is -2.45. The summed E-state index contributed by atoms with van der Waals surface area (Å²) in [5.41, 5.74) is 5.23. The summed E-state index contributed by atoms with van der Waals surface area (Å²) < 4.78 is 11.5. The zero-order chi connectivity index (χ0) is 15.7. The van der Waals surface area contributed by atoms with E-state index in [2.05, 4.69) is 5.32 Å². The van der Waals surface area contributed by atoms with Gasteiger partial charge in [-0.3, -0.25) is 13.8 Å². The normalized spacial score (nSPS) is 15.1. The molecule has 0 unspecified atom stereocenters. The molecule has 5 N–H and O–H groups in total. The fraction of sp³-hybridized carbons (Fsp3) is 0.700. The molecule has 0 aliphatic heterocycles. The van der Waals surface area contributed by atoms with E-state index in [9.17, 15) is 18.6 Å². The van der Waals surface area contributed by atoms with Gasteiger partial charge in [-0.05, 0) is 12.7 Å². The Morgan fingerprint density at radius 3 is 2.35 bits per heavy atom. The molecule has 0 aromatic heterocycles. The minimum absolute atomic E-state index is 0.0958. The van der Waals surface area contributed by atoms with E-state index in [1.165, 1.54) is 11.8 Å². The van der Waals surface area contributed by atoms with E-state index >= 15 is 0 Å². The molecule has 0 radical (unpaired) electrons. The monoisotopic (exact) mass is 326 g/mol. The van der Waals surface area contributed by atoms with Gasteiger partial charge in [-0.15, -0.1) is 0 Å². The number of carboxylic acids is 2. The van der Waals surface area contributed by atoms with Crippen LogP contribution in [0.25, 0.3) is 0 Å². The number of hydrogen-bond donors (Lipinski definition) is 4. The topological polar surface area (TPSA) is 147 Å². The molecule has 3 atom stereocenters. The highest BCUT2D eigenvalue weighted by Crippen LogP contribution is 2.01. The highest BCUT2D eigenvalue weighted by Gasteiger charge is 2.23. The molecule has 20 heavy (non-hydrogen) atoms. The first-order valence-corrected chi connectivity index (χ1v) is 8.50. The molecule has 0 aromatic carbocycles. The van der Waals surface area contributed by atoms with Crippen molar-refractivity contribution in [2.75, 3.05) is 17.1 Å². The van der Waals surface area contributed by atoms with Crippen LogP contribution in [0, 0.1) is 0 Å². The summed E-state index contributed by atoms with van der Waals surface area (Å²) in [5, 5.41) is 20.0. The number of aliphatic carboxylic acids is 2. The van der Waals surface area contributed by atoms with Crippen molar-refractivity contribution in [3.05, 3.63) is 0 Å². The molecule has 0 aliphatic rings. The van der Waals surface area contributed by atoms with Crippen LogP contribution in [0.2, 0.25) is 0 Å². The molecule has 0 fully saturated rings. The summed E-state index contributed by atoms with van der Waals surface area (Å²) in [6.45, 7) is 0. The van der Waals surface area contributed by atoms with Gasteiger partial charge in [0.25, 0.3) is 0 Å². The Balaban J connectivity index is 4.31. The molecule has 0 heterocycles. The first kappa shape index (κ1) is 18.9. The number of rotatable bonds is 10. The molecule has 10 heteroatoms. The molecule has 0 spiro atoms. The van der Waals surface area contributed by atoms with E-state index in [4.69, 9.17) is 15.9 Å². The fourth-order valence-corrected chi connectivity index (χ4v) is 3.25. The summed E-state index contributed by atoms with van der Waals surface area (Å²) >= 11 is 1.31. The van der Waals surface area contributed by atoms with E-state index in [-0.39, 0.29) is 23.7 Å². The maximum absolute atomic E-state index is 11.5. The predicted octanol–water partition coefficient (Wildman–Crippen LogP) is -1.18. The predicted molar refractivity (Wildman–Crippen MR) is 75.8 cm³/mol. The van der Waals surface area contributed by atoms with Crippen LogP contribution in [0.5, 0.6) is 0 Å². The molecule has 0 bridgehead atoms. The van der Waals surface area contributed by atoms with Gasteiger partial charge in [0.05, 0.1) is 10.8 Å². The summed E-state index contributed by atoms with van der Waals surface area (Å²) in [5.74, 6) is -3.33. The number of nitrogens with two attached hydrogens (primary N) is 1. The molecule has 0 aliphatic carbocycles. The number of hydrogen-bond acceptors (Lipinski definition) is 6. The summed E-state index contributed by atoms with van der Waals surface area (Å²) in [7, 11) is -1.36. The van der Waals surface area contributed by atoms with Gasteiger partial charge >= 0.3 is 11.9 Å². The second kappa shape index (κ2) is 9.72. The quantitative estimate of drug-likeness (QED) is 0.392. The van der Waals surface area contributed by atoms with Crippen molar-refractivity contribution in [2.45, 2.75) is 24.9 Å². The van der Waals surface area contributed by atoms with Gasteiger partial charge in [0, 0.05) is 17.2 Å². The van der Waals surface area contributed by atoms with Gasteiger partial charge in [-0.1, -0.05) is 0 Å². The highest BCUT2D eigenvalue weighted by atomic mass is 32.2. The second-order valence-corrected chi connectivity index (χ2v) is 6.69. The van der Waals surface area contributed by atoms with Crippen molar-refractivity contribution in [3.63, 3.8) is 0 Å². The summed E-state index contributed by atoms with van der Waals surface area (Å²) in [6.07, 6.45) is 1.44. The lowest BCUT2D eigenvalue weighted by molar-refractivity contribution is -0.141. The van der Waals surface area contributed by atoms with Gasteiger partial charge in [-0.2, -0.15) is 11.8 Å². The Hall–Kier alpha value is -1.13. The molecular formula is C10H18N2O6S2. The number of carbonyl (C=O) groups excluding carboxylic acids is 1. The average Bonchev–Trinajstić information content (AvgIpc) is 2.35. The first-order chi connectivity index (χ1) is 9.27. The van der Waals surface area contributed by atoms with Crippen LogP contribution in [0.15, 0.2) is 0 Å². The third-order valence-corrected chi connectivity index (χ3v) is 4.93. The Morgan fingerprint density at radius 1 is 1.30 bits per heavy atom. The third kappa shape index (κ3) is 8.12. The van der Waals surface area contributed by atoms with Crippen molar-refractivity contribution in [1.29, 1.82) is 0 Å². The van der Waals surface area contributed by atoms with Crippen molar-refractivity contribution < 1.29 is 28.8 Å². The molecule has 0 aromatic rings. The SMILES string of the molecule is CSC[S@](=O)C[C@@H](NC(=O)CC[C@H](N)C(=O)O)C(=O)O. The van der Waals surface area contributed by atoms with E-state index in [1.807, 2.05) is 0 Å². The Bertz CT molecular complexity index is 390. The first-order valence-electron chi connectivity index (χ1n) is 5.62. The largest absolute Gasteiger partial charge is 0.480 e. The van der Waals surface area contributed by atoms with Crippen LogP contribution in [-0.4, -0.2) is 61.4 Å². The van der Waals surface area contributed by atoms with Crippen LogP contribution in [0.3, 0.4) is 0 Å². The smallest absolute Gasteiger partial charge is 0.327 e. The van der Waals surface area contributed by atoms with Crippen LogP contribution < -0.4 is 11.1 Å². The lowest BCUT2D eigenvalue weighted by Gasteiger charge is -2.14. The van der Waals surface area contributed by atoms with Crippen molar-refractivity contribution in [1.82, 2.24) is 5.32 Å². The molecule has 116 valence electrons.